The summed E-state index contributed by atoms with van der Waals surface area (Å²) in [5.74, 6) is -0.520. The second kappa shape index (κ2) is 70.8. The van der Waals surface area contributed by atoms with Crippen LogP contribution in [0.4, 0.5) is 0 Å². The van der Waals surface area contributed by atoms with E-state index in [4.69, 9.17) is 13.8 Å². The van der Waals surface area contributed by atoms with Crippen LogP contribution in [0.1, 0.15) is 406 Å². The highest BCUT2D eigenvalue weighted by molar-refractivity contribution is 7.45. The molecule has 0 aliphatic carbocycles. The quantitative estimate of drug-likeness (QED) is 0.0212. The molecule has 536 valence electrons. The van der Waals surface area contributed by atoms with Crippen molar-refractivity contribution in [2.24, 2.45) is 0 Å². The number of unbranched alkanes of at least 4 members (excludes halogenated alkanes) is 52. The van der Waals surface area contributed by atoms with Gasteiger partial charge in [-0.05, 0) is 70.3 Å². The molecule has 0 spiro atoms. The summed E-state index contributed by atoms with van der Waals surface area (Å²) in [6.45, 7) is 6.88. The second-order valence-corrected chi connectivity index (χ2v) is 30.0. The summed E-state index contributed by atoms with van der Waals surface area (Å²) in [5, 5.41) is 3.06. The molecule has 0 aliphatic rings. The average molecular weight is 1300 g/mol. The van der Waals surface area contributed by atoms with Crippen LogP contribution in [0.5, 0.6) is 0 Å². The number of quaternary nitrogens is 1. The van der Waals surface area contributed by atoms with E-state index < -0.39 is 20.0 Å². The predicted molar refractivity (Wildman–Crippen MR) is 395 cm³/mol. The zero-order chi connectivity index (χ0) is 66.3. The molecule has 9 nitrogen and oxygen atoms in total. The summed E-state index contributed by atoms with van der Waals surface area (Å²) in [5.41, 5.74) is 0. The summed E-state index contributed by atoms with van der Waals surface area (Å²) >= 11 is 0. The number of likely N-dealkylation sites (N-methyl/N-ethyl adjacent to an activating group) is 1. The zero-order valence-electron chi connectivity index (χ0n) is 61.6. The molecule has 0 aliphatic heterocycles. The number of rotatable bonds is 74. The van der Waals surface area contributed by atoms with Gasteiger partial charge in [-0.2, -0.15) is 0 Å². The number of hydrogen-bond acceptors (Lipinski definition) is 7. The first-order chi connectivity index (χ1) is 44.4. The van der Waals surface area contributed by atoms with Crippen LogP contribution in [-0.2, 0) is 27.9 Å². The van der Waals surface area contributed by atoms with E-state index in [-0.39, 0.29) is 31.5 Å². The molecular formula is C81H155N2O7P. The van der Waals surface area contributed by atoms with Gasteiger partial charge in [0.15, 0.2) is 0 Å². The van der Waals surface area contributed by atoms with Crippen molar-refractivity contribution < 1.29 is 37.3 Å². The van der Waals surface area contributed by atoms with E-state index in [1.165, 1.54) is 302 Å². The molecule has 0 aromatic heterocycles. The summed E-state index contributed by atoms with van der Waals surface area (Å²) < 4.78 is 30.5. The standard InChI is InChI=1S/C81H155N2O7P/c1-7-10-13-16-19-22-25-27-29-31-33-35-37-39-41-43-45-47-49-51-53-55-58-61-64-67-70-73-80(84)82-78(77-89-91(86,87)88-76-75-83(4,5)6)79(72-69-66-63-60-57-24-21-18-15-12-9-3)90-81(85)74-71-68-65-62-59-56-54-52-50-48-46-44-42-40-38-36-34-32-30-28-26-23-20-17-14-11-8-2/h19,22,27,29,33,35,69,72,78-79H,7-18,20-21,23-26,28,30-32,34,36-68,70-71,73-77H2,1-6H3,(H-,82,84,86,87)/b22-19-,29-27-,35-33-,72-69+. The van der Waals surface area contributed by atoms with E-state index >= 15 is 0 Å². The topological polar surface area (TPSA) is 114 Å². The minimum Gasteiger partial charge on any atom is -0.756 e. The van der Waals surface area contributed by atoms with E-state index in [2.05, 4.69) is 62.5 Å². The van der Waals surface area contributed by atoms with Gasteiger partial charge in [0.1, 0.15) is 19.3 Å². The molecule has 0 bridgehead atoms. The van der Waals surface area contributed by atoms with Crippen molar-refractivity contribution in [3.8, 4) is 0 Å². The third-order valence-corrected chi connectivity index (χ3v) is 19.2. The third kappa shape index (κ3) is 72.1. The molecule has 1 amide bonds. The Morgan fingerprint density at radius 1 is 0.385 bits per heavy atom. The molecule has 0 saturated carbocycles. The van der Waals surface area contributed by atoms with Crippen molar-refractivity contribution in [1.29, 1.82) is 0 Å². The van der Waals surface area contributed by atoms with Crippen molar-refractivity contribution in [2.75, 3.05) is 40.9 Å². The van der Waals surface area contributed by atoms with Gasteiger partial charge in [-0.3, -0.25) is 14.2 Å². The van der Waals surface area contributed by atoms with Crippen LogP contribution in [-0.4, -0.2) is 69.4 Å². The van der Waals surface area contributed by atoms with E-state index in [1.54, 1.807) is 0 Å². The monoisotopic (exact) mass is 1300 g/mol. The SMILES string of the molecule is CCCCC/C=C\C/C=C\C/C=C\CCCCCCCCCCCCCCCCC(=O)NC(COP(=O)([O-])OCC[N+](C)(C)C)C(/C=C/CCCCCCCCCCC)OC(=O)CCCCCCCCCCCCCCCCCCCCCCCCCCCCC. The number of phosphoric ester groups is 1. The third-order valence-electron chi connectivity index (χ3n) is 18.3. The van der Waals surface area contributed by atoms with E-state index in [9.17, 15) is 19.0 Å². The van der Waals surface area contributed by atoms with Gasteiger partial charge in [0.25, 0.3) is 7.82 Å². The Kier molecular flexibility index (Phi) is 69.2. The molecule has 0 aromatic rings. The molecule has 10 heteroatoms. The minimum atomic E-state index is -4.71. The number of phosphoric acid groups is 1. The van der Waals surface area contributed by atoms with Crippen molar-refractivity contribution >= 4 is 19.7 Å². The number of nitrogens with one attached hydrogen (secondary N) is 1. The number of nitrogens with zero attached hydrogens (tertiary/aromatic N) is 1. The van der Waals surface area contributed by atoms with Crippen LogP contribution in [0.25, 0.3) is 0 Å². The molecule has 91 heavy (non-hydrogen) atoms. The fraction of sp³-hybridized carbons (Fsp3) is 0.877. The molecule has 1 N–H and O–H groups in total. The van der Waals surface area contributed by atoms with Gasteiger partial charge in [0.2, 0.25) is 5.91 Å². The van der Waals surface area contributed by atoms with Gasteiger partial charge in [0, 0.05) is 12.8 Å². The lowest BCUT2D eigenvalue weighted by Gasteiger charge is -2.30. The highest BCUT2D eigenvalue weighted by atomic mass is 31.2. The fourth-order valence-electron chi connectivity index (χ4n) is 12.1. The van der Waals surface area contributed by atoms with Gasteiger partial charge in [-0.1, -0.05) is 372 Å². The molecule has 0 radical (unpaired) electrons. The number of esters is 1. The van der Waals surface area contributed by atoms with Crippen LogP contribution in [0.3, 0.4) is 0 Å². The Morgan fingerprint density at radius 3 is 1.02 bits per heavy atom. The van der Waals surface area contributed by atoms with Crippen LogP contribution < -0.4 is 10.2 Å². The maximum Gasteiger partial charge on any atom is 0.306 e. The molecule has 3 atom stereocenters. The lowest BCUT2D eigenvalue weighted by atomic mass is 10.0. The lowest BCUT2D eigenvalue weighted by molar-refractivity contribution is -0.870. The maximum absolute atomic E-state index is 13.6. The molecule has 3 unspecified atom stereocenters. The van der Waals surface area contributed by atoms with Crippen molar-refractivity contribution in [1.82, 2.24) is 5.32 Å². The molecule has 0 fully saturated rings. The predicted octanol–water partition coefficient (Wildman–Crippen LogP) is 25.3. The highest BCUT2D eigenvalue weighted by Crippen LogP contribution is 2.38. The normalized spacial score (nSPS) is 13.6. The first-order valence-electron chi connectivity index (χ1n) is 39.9. The van der Waals surface area contributed by atoms with Gasteiger partial charge in [-0.15, -0.1) is 0 Å². The van der Waals surface area contributed by atoms with Gasteiger partial charge in [0.05, 0.1) is 33.8 Å². The van der Waals surface area contributed by atoms with E-state index in [0.717, 1.165) is 70.6 Å². The molecule has 0 saturated heterocycles. The number of carbonyl (C=O) groups excluding carboxylic acids is 2. The van der Waals surface area contributed by atoms with Gasteiger partial charge in [-0.25, -0.2) is 0 Å². The first-order valence-corrected chi connectivity index (χ1v) is 41.4. The number of amides is 1. The van der Waals surface area contributed by atoms with Crippen molar-refractivity contribution in [3.05, 3.63) is 48.6 Å². The largest absolute Gasteiger partial charge is 0.756 e. The van der Waals surface area contributed by atoms with Crippen LogP contribution in [0.2, 0.25) is 0 Å². The molecule has 0 heterocycles. The summed E-state index contributed by atoms with van der Waals surface area (Å²) in [6, 6.07) is -0.887. The van der Waals surface area contributed by atoms with E-state index in [1.807, 2.05) is 33.3 Å². The Morgan fingerprint density at radius 2 is 0.670 bits per heavy atom. The molecule has 0 aromatic carbocycles. The number of allylic oxidation sites excluding steroid dienone is 7. The van der Waals surface area contributed by atoms with Crippen LogP contribution in [0, 0.1) is 0 Å². The first kappa shape index (κ1) is 89.0. The van der Waals surface area contributed by atoms with Gasteiger partial charge >= 0.3 is 5.97 Å². The summed E-state index contributed by atoms with van der Waals surface area (Å²) in [7, 11) is 1.20. The van der Waals surface area contributed by atoms with Crippen molar-refractivity contribution in [2.45, 2.75) is 418 Å². The number of hydrogen-bond donors (Lipinski definition) is 1. The Labute approximate surface area is 567 Å². The Hall–Kier alpha value is -2.03. The number of ether oxygens (including phenoxy) is 1. The van der Waals surface area contributed by atoms with Crippen molar-refractivity contribution in [3.63, 3.8) is 0 Å². The molecular weight excluding hydrogens is 1140 g/mol. The Bertz CT molecular complexity index is 1690. The van der Waals surface area contributed by atoms with E-state index in [0.29, 0.717) is 17.4 Å². The Balaban J connectivity index is 4.84. The van der Waals surface area contributed by atoms with Crippen LogP contribution in [0.15, 0.2) is 48.6 Å². The highest BCUT2D eigenvalue weighted by Gasteiger charge is 2.27. The number of carbonyl (C=O) groups is 2. The molecule has 0 rings (SSSR count). The smallest absolute Gasteiger partial charge is 0.306 e. The van der Waals surface area contributed by atoms with Gasteiger partial charge < -0.3 is 28.5 Å². The summed E-state index contributed by atoms with van der Waals surface area (Å²) in [6.07, 6.45) is 91.2. The lowest BCUT2D eigenvalue weighted by Crippen LogP contribution is -2.47. The minimum absolute atomic E-state index is 0.0200. The zero-order valence-corrected chi connectivity index (χ0v) is 62.5. The van der Waals surface area contributed by atoms with Crippen LogP contribution >= 0.6 is 7.82 Å². The fourth-order valence-corrected chi connectivity index (χ4v) is 12.8. The second-order valence-electron chi connectivity index (χ2n) is 28.6. The summed E-state index contributed by atoms with van der Waals surface area (Å²) in [4.78, 5) is 40.3. The maximum atomic E-state index is 13.6. The average Bonchev–Trinajstić information content (AvgIpc) is 3.08.